The molecule has 1 unspecified atom stereocenters. The Morgan fingerprint density at radius 3 is 2.95 bits per heavy atom. The predicted molar refractivity (Wildman–Crippen MR) is 95.1 cm³/mol. The van der Waals surface area contributed by atoms with E-state index in [0.717, 1.165) is 42.4 Å². The number of benzene rings is 1. The molecule has 0 spiro atoms. The summed E-state index contributed by atoms with van der Waals surface area (Å²) in [4.78, 5) is 17.6. The van der Waals surface area contributed by atoms with Crippen molar-refractivity contribution in [3.8, 4) is 0 Å². The lowest BCUT2D eigenvalue weighted by Crippen LogP contribution is -2.34. The van der Waals surface area contributed by atoms with Crippen LogP contribution in [0.25, 0.3) is 0 Å². The quantitative estimate of drug-likeness (QED) is 0.826. The van der Waals surface area contributed by atoms with E-state index < -0.39 is 0 Å². The van der Waals surface area contributed by atoms with E-state index in [-0.39, 0.29) is 6.03 Å². The first-order chi connectivity index (χ1) is 10.5. The first kappa shape index (κ1) is 17.4. The number of hydrogen-bond acceptors (Lipinski definition) is 3. The van der Waals surface area contributed by atoms with Crippen LogP contribution in [0.15, 0.2) is 23.1 Å². The molecule has 1 aromatic rings. The molecule has 1 saturated heterocycles. The number of rotatable bonds is 5. The minimum Gasteiger partial charge on any atom is -0.324 e. The van der Waals surface area contributed by atoms with Crippen molar-refractivity contribution in [1.82, 2.24) is 9.80 Å². The average molecular weight is 342 g/mol. The summed E-state index contributed by atoms with van der Waals surface area (Å²) in [6.07, 6.45) is 1.07. The lowest BCUT2D eigenvalue weighted by molar-refractivity contribution is 0.219. The van der Waals surface area contributed by atoms with Crippen LogP contribution in [0, 0.1) is 5.92 Å². The molecule has 1 aliphatic rings. The highest BCUT2D eigenvalue weighted by Crippen LogP contribution is 2.30. The normalized spacial score (nSPS) is 18.0. The van der Waals surface area contributed by atoms with Gasteiger partial charge >= 0.3 is 6.03 Å². The Balaban J connectivity index is 1.99. The topological polar surface area (TPSA) is 35.6 Å². The zero-order valence-corrected chi connectivity index (χ0v) is 15.0. The molecule has 22 heavy (non-hydrogen) atoms. The highest BCUT2D eigenvalue weighted by Gasteiger charge is 2.26. The molecule has 122 valence electrons. The van der Waals surface area contributed by atoms with Crippen molar-refractivity contribution < 1.29 is 4.79 Å². The molecule has 1 aromatic carbocycles. The second kappa shape index (κ2) is 8.09. The molecular weight excluding hydrogens is 318 g/mol. The van der Waals surface area contributed by atoms with Crippen LogP contribution in [0.4, 0.5) is 10.5 Å². The Morgan fingerprint density at radius 2 is 2.27 bits per heavy atom. The van der Waals surface area contributed by atoms with E-state index in [0.29, 0.717) is 10.9 Å². The molecule has 1 atom stereocenters. The summed E-state index contributed by atoms with van der Waals surface area (Å²) in [5.74, 6) is 1.52. The van der Waals surface area contributed by atoms with Crippen LogP contribution in [0.3, 0.4) is 0 Å². The van der Waals surface area contributed by atoms with Gasteiger partial charge in [-0.3, -0.25) is 0 Å². The lowest BCUT2D eigenvalue weighted by atomic mass is 10.1. The molecule has 4 nitrogen and oxygen atoms in total. The van der Waals surface area contributed by atoms with Gasteiger partial charge in [0.25, 0.3) is 0 Å². The van der Waals surface area contributed by atoms with Gasteiger partial charge in [0.15, 0.2) is 0 Å². The van der Waals surface area contributed by atoms with Gasteiger partial charge in [0.05, 0.1) is 5.69 Å². The van der Waals surface area contributed by atoms with E-state index in [1.54, 1.807) is 11.8 Å². The summed E-state index contributed by atoms with van der Waals surface area (Å²) in [5, 5.41) is 3.66. The second-order valence-corrected chi connectivity index (χ2v) is 7.61. The van der Waals surface area contributed by atoms with Crippen molar-refractivity contribution >= 4 is 35.1 Å². The Labute approximate surface area is 142 Å². The number of carbonyl (C=O) groups excluding carboxylic acids is 1. The molecule has 0 saturated carbocycles. The average Bonchev–Trinajstić information content (AvgIpc) is 2.89. The van der Waals surface area contributed by atoms with Gasteiger partial charge in [-0.15, -0.1) is 11.8 Å². The van der Waals surface area contributed by atoms with E-state index in [1.807, 2.05) is 23.1 Å². The van der Waals surface area contributed by atoms with Crippen LogP contribution >= 0.6 is 23.4 Å². The molecule has 2 rings (SSSR count). The van der Waals surface area contributed by atoms with Crippen molar-refractivity contribution in [2.75, 3.05) is 44.8 Å². The summed E-state index contributed by atoms with van der Waals surface area (Å²) in [6, 6.07) is 5.62. The smallest absolute Gasteiger partial charge is 0.321 e. The summed E-state index contributed by atoms with van der Waals surface area (Å²) < 4.78 is 0. The Hall–Kier alpha value is -0.910. The molecule has 6 heteroatoms. The molecule has 1 N–H and O–H groups in total. The lowest BCUT2D eigenvalue weighted by Gasteiger charge is -2.20. The fraction of sp³-hybridized carbons (Fsp3) is 0.562. The van der Waals surface area contributed by atoms with Crippen molar-refractivity contribution in [3.63, 3.8) is 0 Å². The molecular formula is C16H24ClN3OS. The van der Waals surface area contributed by atoms with E-state index in [4.69, 9.17) is 11.6 Å². The zero-order valence-electron chi connectivity index (χ0n) is 13.4. The number of nitrogens with zero attached hydrogens (tertiary/aromatic N) is 2. The van der Waals surface area contributed by atoms with Crippen LogP contribution in [-0.2, 0) is 0 Å². The highest BCUT2D eigenvalue weighted by atomic mass is 35.5. The van der Waals surface area contributed by atoms with E-state index in [9.17, 15) is 4.79 Å². The standard InChI is InChI=1S/C16H24ClN3OS/c1-4-22-15-6-5-13(17)9-14(15)18-16(21)20-8-7-12(11-20)10-19(2)3/h5-6,9,12H,4,7-8,10-11H2,1-3H3,(H,18,21). The van der Waals surface area contributed by atoms with Crippen LogP contribution in [0.5, 0.6) is 0 Å². The largest absolute Gasteiger partial charge is 0.324 e. The highest BCUT2D eigenvalue weighted by molar-refractivity contribution is 7.99. The third-order valence-electron chi connectivity index (χ3n) is 3.68. The fourth-order valence-electron chi connectivity index (χ4n) is 2.76. The third-order valence-corrected chi connectivity index (χ3v) is 4.87. The maximum Gasteiger partial charge on any atom is 0.321 e. The molecule has 0 bridgehead atoms. The molecule has 0 aliphatic carbocycles. The van der Waals surface area contributed by atoms with E-state index >= 15 is 0 Å². The van der Waals surface area contributed by atoms with Crippen LogP contribution in [0.2, 0.25) is 5.02 Å². The van der Waals surface area contributed by atoms with Crippen molar-refractivity contribution in [1.29, 1.82) is 0 Å². The maximum atomic E-state index is 12.5. The van der Waals surface area contributed by atoms with Crippen molar-refractivity contribution in [3.05, 3.63) is 23.2 Å². The monoisotopic (exact) mass is 341 g/mol. The number of hydrogen-bond donors (Lipinski definition) is 1. The number of nitrogens with one attached hydrogen (secondary N) is 1. The number of anilines is 1. The third kappa shape index (κ3) is 4.80. The molecule has 2 amide bonds. The Morgan fingerprint density at radius 1 is 1.50 bits per heavy atom. The number of thioether (sulfide) groups is 1. The van der Waals surface area contributed by atoms with Gasteiger partial charge in [0, 0.05) is 29.6 Å². The second-order valence-electron chi connectivity index (χ2n) is 5.87. The predicted octanol–water partition coefficient (Wildman–Crippen LogP) is 3.87. The van der Waals surface area contributed by atoms with E-state index in [2.05, 4.69) is 31.2 Å². The summed E-state index contributed by atoms with van der Waals surface area (Å²) in [5.41, 5.74) is 0.806. The minimum absolute atomic E-state index is 0.0264. The molecule has 1 fully saturated rings. The van der Waals surface area contributed by atoms with Crippen molar-refractivity contribution in [2.24, 2.45) is 5.92 Å². The van der Waals surface area contributed by atoms with Gasteiger partial charge in [-0.1, -0.05) is 18.5 Å². The fourth-order valence-corrected chi connectivity index (χ4v) is 3.67. The van der Waals surface area contributed by atoms with Crippen LogP contribution in [-0.4, -0.2) is 55.3 Å². The molecule has 1 heterocycles. The Kier molecular flexibility index (Phi) is 6.41. The molecule has 0 aromatic heterocycles. The minimum atomic E-state index is -0.0264. The molecule has 0 radical (unpaired) electrons. The van der Waals surface area contributed by atoms with Gasteiger partial charge in [-0.05, 0) is 50.4 Å². The number of carbonyl (C=O) groups is 1. The Bertz CT molecular complexity index is 524. The van der Waals surface area contributed by atoms with E-state index in [1.165, 1.54) is 0 Å². The zero-order chi connectivity index (χ0) is 16.1. The number of halogens is 1. The van der Waals surface area contributed by atoms with Gasteiger partial charge in [0.2, 0.25) is 0 Å². The summed E-state index contributed by atoms with van der Waals surface area (Å²) in [7, 11) is 4.14. The summed E-state index contributed by atoms with van der Waals surface area (Å²) in [6.45, 7) is 4.76. The maximum absolute atomic E-state index is 12.5. The van der Waals surface area contributed by atoms with Crippen LogP contribution in [0.1, 0.15) is 13.3 Å². The first-order valence-electron chi connectivity index (χ1n) is 7.62. The van der Waals surface area contributed by atoms with Gasteiger partial charge < -0.3 is 15.1 Å². The van der Waals surface area contributed by atoms with Crippen molar-refractivity contribution in [2.45, 2.75) is 18.2 Å². The number of urea groups is 1. The van der Waals surface area contributed by atoms with Gasteiger partial charge in [-0.25, -0.2) is 4.79 Å². The first-order valence-corrected chi connectivity index (χ1v) is 8.99. The van der Waals surface area contributed by atoms with Crippen LogP contribution < -0.4 is 5.32 Å². The van der Waals surface area contributed by atoms with Gasteiger partial charge in [0.1, 0.15) is 0 Å². The molecule has 1 aliphatic heterocycles. The summed E-state index contributed by atoms with van der Waals surface area (Å²) >= 11 is 7.77. The SMILES string of the molecule is CCSc1ccc(Cl)cc1NC(=O)N1CCC(CN(C)C)C1. The van der Waals surface area contributed by atoms with Gasteiger partial charge in [-0.2, -0.15) is 0 Å². The number of likely N-dealkylation sites (tertiary alicyclic amines) is 1. The number of amides is 2.